The Morgan fingerprint density at radius 3 is 2.06 bits per heavy atom. The number of nitrogens with two attached hydrogens (primary N) is 1. The number of carbonyl (C=O) groups excluding carboxylic acids is 1. The first kappa shape index (κ1) is 13.4. The first-order valence-electron chi connectivity index (χ1n) is 6.12. The highest BCUT2D eigenvalue weighted by Crippen LogP contribution is 2.18. The molecule has 0 aromatic carbocycles. The standard InChI is InChI=1S/C12H22N2OS/c1-9(2)10(11(13)16)12(15)14-7-5-3-4-6-8-14/h9-10H,3-8H2,1-2H3,(H2,13,16). The predicted molar refractivity (Wildman–Crippen MR) is 70.2 cm³/mol. The van der Waals surface area contributed by atoms with Crippen molar-refractivity contribution in [2.45, 2.75) is 39.5 Å². The lowest BCUT2D eigenvalue weighted by atomic mass is 9.94. The Balaban J connectivity index is 2.68. The van der Waals surface area contributed by atoms with Gasteiger partial charge in [0.15, 0.2) is 0 Å². The Labute approximate surface area is 103 Å². The topological polar surface area (TPSA) is 46.3 Å². The van der Waals surface area contributed by atoms with E-state index in [1.54, 1.807) is 0 Å². The van der Waals surface area contributed by atoms with Gasteiger partial charge in [-0.1, -0.05) is 38.9 Å². The molecule has 4 heteroatoms. The molecule has 0 aliphatic carbocycles. The summed E-state index contributed by atoms with van der Waals surface area (Å²) in [6, 6.07) is 0. The average Bonchev–Trinajstić information content (AvgIpc) is 2.43. The van der Waals surface area contributed by atoms with Crippen molar-refractivity contribution in [2.24, 2.45) is 17.6 Å². The van der Waals surface area contributed by atoms with Gasteiger partial charge in [0.25, 0.3) is 0 Å². The van der Waals surface area contributed by atoms with Crippen molar-refractivity contribution >= 4 is 23.1 Å². The number of rotatable bonds is 3. The molecule has 0 aromatic rings. The lowest BCUT2D eigenvalue weighted by Gasteiger charge is -2.27. The number of hydrogen-bond donors (Lipinski definition) is 1. The maximum atomic E-state index is 12.3. The third kappa shape index (κ3) is 3.44. The third-order valence-electron chi connectivity index (χ3n) is 3.16. The molecule has 0 aromatic heterocycles. The van der Waals surface area contributed by atoms with Crippen LogP contribution in [0.2, 0.25) is 0 Å². The molecule has 1 unspecified atom stereocenters. The van der Waals surface area contributed by atoms with Crippen molar-refractivity contribution in [1.82, 2.24) is 4.90 Å². The summed E-state index contributed by atoms with van der Waals surface area (Å²) in [5.74, 6) is 0.0331. The molecule has 1 aliphatic heterocycles. The van der Waals surface area contributed by atoms with Crippen molar-refractivity contribution in [2.75, 3.05) is 13.1 Å². The first-order valence-corrected chi connectivity index (χ1v) is 6.53. The number of likely N-dealkylation sites (tertiary alicyclic amines) is 1. The fraction of sp³-hybridized carbons (Fsp3) is 0.833. The van der Waals surface area contributed by atoms with Crippen molar-refractivity contribution in [1.29, 1.82) is 0 Å². The molecule has 1 rings (SSSR count). The molecule has 2 N–H and O–H groups in total. The molecule has 16 heavy (non-hydrogen) atoms. The van der Waals surface area contributed by atoms with Crippen LogP contribution in [0.1, 0.15) is 39.5 Å². The zero-order valence-electron chi connectivity index (χ0n) is 10.2. The maximum absolute atomic E-state index is 12.3. The van der Waals surface area contributed by atoms with E-state index >= 15 is 0 Å². The monoisotopic (exact) mass is 242 g/mol. The zero-order valence-corrected chi connectivity index (χ0v) is 11.1. The van der Waals surface area contributed by atoms with Gasteiger partial charge in [0.05, 0.1) is 10.9 Å². The molecular formula is C12H22N2OS. The van der Waals surface area contributed by atoms with Crippen molar-refractivity contribution in [3.8, 4) is 0 Å². The van der Waals surface area contributed by atoms with Crippen LogP contribution in [0.3, 0.4) is 0 Å². The molecule has 1 aliphatic rings. The molecule has 1 atom stereocenters. The van der Waals surface area contributed by atoms with Crippen LogP contribution < -0.4 is 5.73 Å². The molecule has 1 saturated heterocycles. The Hall–Kier alpha value is -0.640. The molecule has 1 amide bonds. The van der Waals surface area contributed by atoms with E-state index in [4.69, 9.17) is 18.0 Å². The number of nitrogens with zero attached hydrogens (tertiary/aromatic N) is 1. The van der Waals surface area contributed by atoms with Gasteiger partial charge in [0, 0.05) is 13.1 Å². The number of hydrogen-bond acceptors (Lipinski definition) is 2. The van der Waals surface area contributed by atoms with Crippen LogP contribution in [0.5, 0.6) is 0 Å². The lowest BCUT2D eigenvalue weighted by molar-refractivity contribution is -0.134. The summed E-state index contributed by atoms with van der Waals surface area (Å²) in [7, 11) is 0. The Morgan fingerprint density at radius 2 is 1.69 bits per heavy atom. The normalized spacial score (nSPS) is 19.3. The summed E-state index contributed by atoms with van der Waals surface area (Å²) in [5.41, 5.74) is 5.67. The van der Waals surface area contributed by atoms with Crippen LogP contribution in [-0.2, 0) is 4.79 Å². The summed E-state index contributed by atoms with van der Waals surface area (Å²) in [5, 5.41) is 0. The van der Waals surface area contributed by atoms with Gasteiger partial charge in [0.1, 0.15) is 0 Å². The Bertz CT molecular complexity index is 258. The van der Waals surface area contributed by atoms with Crippen LogP contribution in [0, 0.1) is 11.8 Å². The maximum Gasteiger partial charge on any atom is 0.232 e. The average molecular weight is 242 g/mol. The van der Waals surface area contributed by atoms with Crippen LogP contribution in [0.15, 0.2) is 0 Å². The van der Waals surface area contributed by atoms with E-state index in [2.05, 4.69) is 0 Å². The molecule has 92 valence electrons. The summed E-state index contributed by atoms with van der Waals surface area (Å²) >= 11 is 5.00. The number of carbonyl (C=O) groups is 1. The lowest BCUT2D eigenvalue weighted by Crippen LogP contribution is -2.43. The first-order chi connectivity index (χ1) is 7.54. The number of amides is 1. The van der Waals surface area contributed by atoms with Crippen molar-refractivity contribution in [3.63, 3.8) is 0 Å². The molecule has 0 spiro atoms. The summed E-state index contributed by atoms with van der Waals surface area (Å²) in [6.07, 6.45) is 4.66. The van der Waals surface area contributed by atoms with E-state index in [0.29, 0.717) is 4.99 Å². The minimum Gasteiger partial charge on any atom is -0.393 e. The second kappa shape index (κ2) is 6.18. The molecule has 0 saturated carbocycles. The molecule has 0 bridgehead atoms. The zero-order chi connectivity index (χ0) is 12.1. The summed E-state index contributed by atoms with van der Waals surface area (Å²) in [4.78, 5) is 14.6. The minimum absolute atomic E-state index is 0.129. The Kier molecular flexibility index (Phi) is 5.19. The van der Waals surface area contributed by atoms with Gasteiger partial charge in [-0.15, -0.1) is 0 Å². The van der Waals surface area contributed by atoms with E-state index in [9.17, 15) is 4.79 Å². The van der Waals surface area contributed by atoms with E-state index in [0.717, 1.165) is 25.9 Å². The predicted octanol–water partition coefficient (Wildman–Crippen LogP) is 1.95. The van der Waals surface area contributed by atoms with Gasteiger partial charge >= 0.3 is 0 Å². The second-order valence-electron chi connectivity index (χ2n) is 4.86. The van der Waals surface area contributed by atoms with E-state index in [-0.39, 0.29) is 17.7 Å². The molecule has 1 fully saturated rings. The fourth-order valence-corrected chi connectivity index (χ4v) is 2.60. The van der Waals surface area contributed by atoms with Crippen molar-refractivity contribution in [3.05, 3.63) is 0 Å². The van der Waals surface area contributed by atoms with Crippen LogP contribution in [0.4, 0.5) is 0 Å². The fourth-order valence-electron chi connectivity index (χ4n) is 2.22. The molecule has 1 heterocycles. The van der Waals surface area contributed by atoms with E-state index in [1.807, 2.05) is 18.7 Å². The molecule has 3 nitrogen and oxygen atoms in total. The summed E-state index contributed by atoms with van der Waals surface area (Å²) < 4.78 is 0. The Morgan fingerprint density at radius 1 is 1.19 bits per heavy atom. The van der Waals surface area contributed by atoms with E-state index in [1.165, 1.54) is 12.8 Å². The second-order valence-corrected chi connectivity index (χ2v) is 5.33. The van der Waals surface area contributed by atoms with Crippen molar-refractivity contribution < 1.29 is 4.79 Å². The third-order valence-corrected chi connectivity index (χ3v) is 3.41. The van der Waals surface area contributed by atoms with Gasteiger partial charge in [-0.25, -0.2) is 0 Å². The van der Waals surface area contributed by atoms with Gasteiger partial charge in [-0.2, -0.15) is 0 Å². The summed E-state index contributed by atoms with van der Waals surface area (Å²) in [6.45, 7) is 5.73. The molecule has 0 radical (unpaired) electrons. The van der Waals surface area contributed by atoms with E-state index < -0.39 is 0 Å². The molecular weight excluding hydrogens is 220 g/mol. The highest BCUT2D eigenvalue weighted by molar-refractivity contribution is 7.80. The van der Waals surface area contributed by atoms with Gasteiger partial charge in [-0.3, -0.25) is 4.79 Å². The highest BCUT2D eigenvalue weighted by Gasteiger charge is 2.29. The van der Waals surface area contributed by atoms with Gasteiger partial charge in [0.2, 0.25) is 5.91 Å². The van der Waals surface area contributed by atoms with Gasteiger partial charge < -0.3 is 10.6 Å². The smallest absolute Gasteiger partial charge is 0.232 e. The minimum atomic E-state index is -0.284. The van der Waals surface area contributed by atoms with Gasteiger partial charge in [-0.05, 0) is 18.8 Å². The number of thiocarbonyl (C=S) groups is 1. The van der Waals surface area contributed by atoms with Crippen LogP contribution in [-0.4, -0.2) is 28.9 Å². The SMILES string of the molecule is CC(C)C(C(=O)N1CCCCCC1)C(N)=S. The van der Waals surface area contributed by atoms with Crippen LogP contribution >= 0.6 is 12.2 Å². The quantitative estimate of drug-likeness (QED) is 0.769. The highest BCUT2D eigenvalue weighted by atomic mass is 32.1. The van der Waals surface area contributed by atoms with Crippen LogP contribution in [0.25, 0.3) is 0 Å². The largest absolute Gasteiger partial charge is 0.393 e.